The van der Waals surface area contributed by atoms with Crippen LogP contribution in [0.5, 0.6) is 0 Å². The number of aryl methyl sites for hydroxylation is 1. The van der Waals surface area contributed by atoms with Crippen LogP contribution in [0.2, 0.25) is 10.0 Å². The Morgan fingerprint density at radius 1 is 1.13 bits per heavy atom. The SMILES string of the molecule is Cn1cnc2ccc(Nc3c(F)ccc(NS(=O)(=O)N4CC5CC4C5)c3Cl)c(Cl)c2c1=O.O=C(O)C(F)(F)F. The number of hydrogen-bond acceptors (Lipinski definition) is 6. The van der Waals surface area contributed by atoms with Gasteiger partial charge in [0.05, 0.1) is 44.3 Å². The van der Waals surface area contributed by atoms with Crippen LogP contribution in [0.3, 0.4) is 0 Å². The third kappa shape index (κ3) is 5.76. The Morgan fingerprint density at radius 2 is 1.74 bits per heavy atom. The summed E-state index contributed by atoms with van der Waals surface area (Å²) in [6.45, 7) is 0.472. The van der Waals surface area contributed by atoms with E-state index < -0.39 is 28.2 Å². The molecule has 3 N–H and O–H groups in total. The van der Waals surface area contributed by atoms with E-state index in [0.29, 0.717) is 18.0 Å². The van der Waals surface area contributed by atoms with E-state index in [9.17, 15) is 30.8 Å². The molecule has 1 saturated carbocycles. The molecule has 0 atom stereocenters. The molecular weight excluding hydrogens is 593 g/mol. The molecule has 10 nitrogen and oxygen atoms in total. The van der Waals surface area contributed by atoms with Gasteiger partial charge in [-0.2, -0.15) is 25.9 Å². The van der Waals surface area contributed by atoms with Crippen LogP contribution in [0, 0.1) is 11.7 Å². The fraction of sp³-hybridized carbons (Fsp3) is 0.318. The van der Waals surface area contributed by atoms with Crippen LogP contribution in [0.1, 0.15) is 12.8 Å². The first-order valence-electron chi connectivity index (χ1n) is 11.1. The van der Waals surface area contributed by atoms with Crippen molar-refractivity contribution in [3.63, 3.8) is 0 Å². The van der Waals surface area contributed by atoms with Crippen molar-refractivity contribution in [1.82, 2.24) is 13.9 Å². The molecule has 0 amide bonds. The minimum atomic E-state index is -5.08. The summed E-state index contributed by atoms with van der Waals surface area (Å²) in [6, 6.07) is 5.49. The predicted molar refractivity (Wildman–Crippen MR) is 136 cm³/mol. The Balaban J connectivity index is 0.000000448. The van der Waals surface area contributed by atoms with Crippen molar-refractivity contribution in [2.24, 2.45) is 13.0 Å². The fourth-order valence-corrected chi connectivity index (χ4v) is 6.34. The Labute approximate surface area is 228 Å². The van der Waals surface area contributed by atoms with E-state index in [1.165, 1.54) is 21.3 Å². The molecule has 0 radical (unpaired) electrons. The molecule has 3 heterocycles. The standard InChI is InChI=1S/C20H18Cl2FN5O3S.C2HF3O2/c1-27-9-24-13-4-5-14(17(21)16(13)20(27)29)25-19-12(23)2-3-15(18(19)22)26-32(30,31)28-8-10-6-11(28)7-10;3-2(4,5)1(6)7/h2-5,9-11,25-26H,6-8H2,1H3;(H,6,7). The van der Waals surface area contributed by atoms with Gasteiger partial charge >= 0.3 is 22.4 Å². The van der Waals surface area contributed by atoms with E-state index in [2.05, 4.69) is 15.0 Å². The average Bonchev–Trinajstić information content (AvgIpc) is 3.45. The van der Waals surface area contributed by atoms with Crippen LogP contribution in [-0.4, -0.2) is 52.1 Å². The number of aliphatic carboxylic acids is 1. The summed E-state index contributed by atoms with van der Waals surface area (Å²) < 4.78 is 77.1. The van der Waals surface area contributed by atoms with E-state index >= 15 is 0 Å². The minimum absolute atomic E-state index is 0.00180. The van der Waals surface area contributed by atoms with E-state index in [1.54, 1.807) is 19.2 Å². The first-order valence-corrected chi connectivity index (χ1v) is 13.3. The van der Waals surface area contributed by atoms with Crippen molar-refractivity contribution in [2.75, 3.05) is 16.6 Å². The highest BCUT2D eigenvalue weighted by molar-refractivity contribution is 7.90. The second kappa shape index (κ2) is 10.4. The number of alkyl halides is 3. The van der Waals surface area contributed by atoms with Gasteiger partial charge in [-0.1, -0.05) is 23.2 Å². The van der Waals surface area contributed by atoms with Gasteiger partial charge in [0.1, 0.15) is 5.82 Å². The molecule has 1 aliphatic carbocycles. The predicted octanol–water partition coefficient (Wildman–Crippen LogP) is 4.51. The number of carboxylic acids is 1. The van der Waals surface area contributed by atoms with Gasteiger partial charge in [-0.05, 0) is 43.0 Å². The van der Waals surface area contributed by atoms with Gasteiger partial charge in [0.2, 0.25) is 0 Å². The number of rotatable bonds is 5. The monoisotopic (exact) mass is 611 g/mol. The molecule has 2 aliphatic heterocycles. The number of nitrogens with one attached hydrogen (secondary N) is 2. The summed E-state index contributed by atoms with van der Waals surface area (Å²) in [7, 11) is -2.28. The third-order valence-corrected chi connectivity index (χ3v) is 8.55. The molecule has 0 unspecified atom stereocenters. The highest BCUT2D eigenvalue weighted by atomic mass is 35.5. The number of anilines is 3. The van der Waals surface area contributed by atoms with Gasteiger partial charge in [-0.15, -0.1) is 0 Å². The molecule has 6 rings (SSSR count). The molecule has 3 aromatic rings. The largest absolute Gasteiger partial charge is 0.490 e. The van der Waals surface area contributed by atoms with Crippen LogP contribution in [0.25, 0.3) is 10.9 Å². The van der Waals surface area contributed by atoms with E-state index in [0.717, 1.165) is 18.9 Å². The lowest BCUT2D eigenvalue weighted by Crippen LogP contribution is -2.38. The maximum atomic E-state index is 14.7. The second-order valence-corrected chi connectivity index (χ2v) is 11.2. The maximum absolute atomic E-state index is 14.7. The zero-order chi connectivity index (χ0) is 28.9. The number of hydrogen-bond donors (Lipinski definition) is 3. The number of aromatic nitrogens is 2. The highest BCUT2D eigenvalue weighted by Crippen LogP contribution is 2.43. The Kier molecular flexibility index (Phi) is 7.73. The van der Waals surface area contributed by atoms with Crippen LogP contribution in [0.15, 0.2) is 35.4 Å². The zero-order valence-corrected chi connectivity index (χ0v) is 22.1. The normalized spacial score (nSPS) is 18.7. The highest BCUT2D eigenvalue weighted by Gasteiger charge is 2.48. The lowest BCUT2D eigenvalue weighted by molar-refractivity contribution is -0.192. The number of fused-ring (bicyclic) bond motifs is 2. The van der Waals surface area contributed by atoms with Crippen molar-refractivity contribution < 1.29 is 35.9 Å². The summed E-state index contributed by atoms with van der Waals surface area (Å²) in [4.78, 5) is 25.5. The van der Waals surface area contributed by atoms with Gasteiger partial charge in [-0.3, -0.25) is 9.52 Å². The number of nitrogens with zero attached hydrogens (tertiary/aromatic N) is 3. The van der Waals surface area contributed by atoms with E-state index in [1.807, 2.05) is 0 Å². The third-order valence-electron chi connectivity index (χ3n) is 6.22. The zero-order valence-electron chi connectivity index (χ0n) is 19.8. The lowest BCUT2D eigenvalue weighted by Gasteiger charge is -2.26. The summed E-state index contributed by atoms with van der Waals surface area (Å²) >= 11 is 12.8. The smallest absolute Gasteiger partial charge is 0.475 e. The van der Waals surface area contributed by atoms with Crippen molar-refractivity contribution in [1.29, 1.82) is 0 Å². The quantitative estimate of drug-likeness (QED) is 0.361. The van der Waals surface area contributed by atoms with E-state index in [4.69, 9.17) is 33.1 Å². The summed E-state index contributed by atoms with van der Waals surface area (Å²) in [5.74, 6) is -3.07. The summed E-state index contributed by atoms with van der Waals surface area (Å²) in [5.41, 5.74) is 0.126. The molecule has 210 valence electrons. The van der Waals surface area contributed by atoms with Gasteiger partial charge in [0.15, 0.2) is 0 Å². The molecule has 1 aromatic heterocycles. The maximum Gasteiger partial charge on any atom is 0.490 e. The number of halogens is 6. The van der Waals surface area contributed by atoms with Crippen molar-refractivity contribution >= 4 is 67.3 Å². The molecule has 2 aromatic carbocycles. The van der Waals surface area contributed by atoms with Crippen LogP contribution >= 0.6 is 23.2 Å². The number of carboxylic acid groups (broad SMARTS) is 1. The van der Waals surface area contributed by atoms with Crippen LogP contribution in [0.4, 0.5) is 34.6 Å². The Morgan fingerprint density at radius 3 is 2.31 bits per heavy atom. The first-order chi connectivity index (χ1) is 18.1. The van der Waals surface area contributed by atoms with Crippen molar-refractivity contribution in [3.8, 4) is 0 Å². The van der Waals surface area contributed by atoms with Crippen LogP contribution in [-0.2, 0) is 22.1 Å². The first kappa shape index (κ1) is 28.9. The fourth-order valence-electron chi connectivity index (χ4n) is 4.21. The van der Waals surface area contributed by atoms with Gasteiger partial charge in [-0.25, -0.2) is 14.2 Å². The molecule has 2 saturated heterocycles. The Bertz CT molecular complexity index is 1630. The van der Waals surface area contributed by atoms with Crippen LogP contribution < -0.4 is 15.6 Å². The van der Waals surface area contributed by atoms with Gasteiger partial charge < -0.3 is 15.0 Å². The summed E-state index contributed by atoms with van der Waals surface area (Å²) in [5, 5.41) is 9.98. The van der Waals surface area contributed by atoms with Crippen molar-refractivity contribution in [3.05, 3.63) is 56.8 Å². The number of benzene rings is 2. The van der Waals surface area contributed by atoms with E-state index in [-0.39, 0.29) is 44.1 Å². The average molecular weight is 612 g/mol. The van der Waals surface area contributed by atoms with Gasteiger partial charge in [0, 0.05) is 19.6 Å². The number of carbonyl (C=O) groups is 1. The minimum Gasteiger partial charge on any atom is -0.475 e. The van der Waals surface area contributed by atoms with Gasteiger partial charge in [0.25, 0.3) is 5.56 Å². The molecule has 3 aliphatic rings. The lowest BCUT2D eigenvalue weighted by atomic mass is 9.87. The molecule has 2 bridgehead atoms. The molecular formula is C22H19Cl2F4N5O5S. The molecule has 3 fully saturated rings. The summed E-state index contributed by atoms with van der Waals surface area (Å²) in [6.07, 6.45) is -1.98. The topological polar surface area (TPSA) is 134 Å². The molecule has 17 heteroatoms. The second-order valence-electron chi connectivity index (χ2n) is 8.86. The molecule has 0 spiro atoms. The molecule has 39 heavy (non-hydrogen) atoms. The Hall–Kier alpha value is -3.14. The van der Waals surface area contributed by atoms with Crippen molar-refractivity contribution in [2.45, 2.75) is 25.1 Å².